The summed E-state index contributed by atoms with van der Waals surface area (Å²) in [5.74, 6) is 0.560. The maximum atomic E-state index is 11.9. The third kappa shape index (κ3) is 14.0. The van der Waals surface area contributed by atoms with Crippen LogP contribution in [0.15, 0.2) is 24.3 Å². The van der Waals surface area contributed by atoms with Crippen molar-refractivity contribution < 1.29 is 14.6 Å². The summed E-state index contributed by atoms with van der Waals surface area (Å²) in [6.07, 6.45) is 23.7. The monoisotopic (exact) mass is 421 g/mol. The zero-order valence-electron chi connectivity index (χ0n) is 19.7. The predicted octanol–water partition coefficient (Wildman–Crippen LogP) is 6.05. The third-order valence-electron chi connectivity index (χ3n) is 5.96. The molecule has 1 atom stereocenters. The molecule has 0 bridgehead atoms. The van der Waals surface area contributed by atoms with Crippen LogP contribution in [0.3, 0.4) is 0 Å². The Morgan fingerprint density at radius 3 is 2.30 bits per heavy atom. The van der Waals surface area contributed by atoms with Crippen LogP contribution in [0.1, 0.15) is 97.3 Å². The van der Waals surface area contributed by atoms with Crippen molar-refractivity contribution in [3.8, 4) is 0 Å². The maximum Gasteiger partial charge on any atom is 0.305 e. The molecule has 1 aliphatic heterocycles. The SMILES string of the molecule is CCCC/C=C\C/C=C\CCCCCCCCC(=O)OCC(C)N1CC(CCO)C1. The normalized spacial score (nSPS) is 16.4. The van der Waals surface area contributed by atoms with E-state index in [1.807, 2.05) is 0 Å². The molecule has 1 fully saturated rings. The number of aliphatic hydroxyl groups excluding tert-OH is 1. The number of ether oxygens (including phenoxy) is 1. The van der Waals surface area contributed by atoms with Crippen molar-refractivity contribution in [3.63, 3.8) is 0 Å². The first-order valence-corrected chi connectivity index (χ1v) is 12.5. The van der Waals surface area contributed by atoms with Gasteiger partial charge in [0.2, 0.25) is 0 Å². The molecule has 4 nitrogen and oxygen atoms in total. The van der Waals surface area contributed by atoms with Crippen molar-refractivity contribution in [1.29, 1.82) is 0 Å². The van der Waals surface area contributed by atoms with Gasteiger partial charge in [-0.15, -0.1) is 0 Å². The molecule has 30 heavy (non-hydrogen) atoms. The van der Waals surface area contributed by atoms with Crippen molar-refractivity contribution >= 4 is 5.97 Å². The van der Waals surface area contributed by atoms with Gasteiger partial charge in [0.1, 0.15) is 6.61 Å². The van der Waals surface area contributed by atoms with Crippen LogP contribution in [0, 0.1) is 5.92 Å². The van der Waals surface area contributed by atoms with E-state index in [0.717, 1.165) is 38.8 Å². The van der Waals surface area contributed by atoms with Gasteiger partial charge in [0.15, 0.2) is 0 Å². The highest BCUT2D eigenvalue weighted by molar-refractivity contribution is 5.69. The lowest BCUT2D eigenvalue weighted by molar-refractivity contribution is -0.146. The van der Waals surface area contributed by atoms with E-state index in [0.29, 0.717) is 18.9 Å². The van der Waals surface area contributed by atoms with E-state index in [1.165, 1.54) is 51.4 Å². The lowest BCUT2D eigenvalue weighted by Crippen LogP contribution is -2.52. The number of unbranched alkanes of at least 4 members (excludes halogenated alkanes) is 8. The average molecular weight is 422 g/mol. The van der Waals surface area contributed by atoms with Crippen LogP contribution >= 0.6 is 0 Å². The number of carbonyl (C=O) groups excluding carboxylic acids is 1. The summed E-state index contributed by atoms with van der Waals surface area (Å²) in [5, 5.41) is 8.94. The summed E-state index contributed by atoms with van der Waals surface area (Å²) in [7, 11) is 0. The number of hydrogen-bond donors (Lipinski definition) is 1. The highest BCUT2D eigenvalue weighted by Gasteiger charge is 2.30. The summed E-state index contributed by atoms with van der Waals surface area (Å²) in [6.45, 7) is 7.15. The lowest BCUT2D eigenvalue weighted by atomic mass is 9.95. The van der Waals surface area contributed by atoms with Crippen molar-refractivity contribution in [2.45, 2.75) is 103 Å². The van der Waals surface area contributed by atoms with Crippen LogP contribution in [0.25, 0.3) is 0 Å². The lowest BCUT2D eigenvalue weighted by Gasteiger charge is -2.42. The van der Waals surface area contributed by atoms with Crippen LogP contribution in [-0.2, 0) is 9.53 Å². The van der Waals surface area contributed by atoms with Crippen molar-refractivity contribution in [2.75, 3.05) is 26.3 Å². The highest BCUT2D eigenvalue weighted by Crippen LogP contribution is 2.21. The number of aliphatic hydroxyl groups is 1. The Kier molecular flexibility index (Phi) is 16.7. The maximum absolute atomic E-state index is 11.9. The molecule has 1 rings (SSSR count). The van der Waals surface area contributed by atoms with E-state index in [1.54, 1.807) is 0 Å². The molecule has 0 aromatic heterocycles. The van der Waals surface area contributed by atoms with Gasteiger partial charge in [0, 0.05) is 32.2 Å². The fourth-order valence-corrected chi connectivity index (χ4v) is 3.79. The van der Waals surface area contributed by atoms with Crippen LogP contribution in [0.5, 0.6) is 0 Å². The second-order valence-electron chi connectivity index (χ2n) is 8.84. The number of esters is 1. The first kappa shape index (κ1) is 26.9. The fraction of sp³-hybridized carbons (Fsp3) is 0.808. The molecular formula is C26H47NO3. The zero-order valence-corrected chi connectivity index (χ0v) is 19.7. The standard InChI is InChI=1S/C26H47NO3/c1-3-4-5-6-7-8-9-10-11-12-13-14-15-16-17-18-26(29)30-23-24(2)27-21-25(22-27)19-20-28/h6-7,9-10,24-25,28H,3-5,8,11-23H2,1-2H3/b7-6-,10-9-. The van der Waals surface area contributed by atoms with Crippen LogP contribution in [-0.4, -0.2) is 48.3 Å². The van der Waals surface area contributed by atoms with Gasteiger partial charge in [0.25, 0.3) is 0 Å². The zero-order chi connectivity index (χ0) is 21.9. The van der Waals surface area contributed by atoms with E-state index >= 15 is 0 Å². The van der Waals surface area contributed by atoms with E-state index in [4.69, 9.17) is 9.84 Å². The number of nitrogens with zero attached hydrogens (tertiary/aromatic N) is 1. The summed E-state index contributed by atoms with van der Waals surface area (Å²) >= 11 is 0. The Bertz CT molecular complexity index is 469. The molecule has 0 aromatic carbocycles. The van der Waals surface area contributed by atoms with Crippen LogP contribution < -0.4 is 0 Å². The molecule has 4 heteroatoms. The van der Waals surface area contributed by atoms with Gasteiger partial charge in [-0.25, -0.2) is 0 Å². The number of rotatable bonds is 19. The van der Waals surface area contributed by atoms with Gasteiger partial charge >= 0.3 is 5.97 Å². The highest BCUT2D eigenvalue weighted by atomic mass is 16.5. The van der Waals surface area contributed by atoms with Gasteiger partial charge < -0.3 is 9.84 Å². The van der Waals surface area contributed by atoms with Gasteiger partial charge in [0.05, 0.1) is 0 Å². The second-order valence-corrected chi connectivity index (χ2v) is 8.84. The molecule has 1 saturated heterocycles. The molecule has 0 spiro atoms. The summed E-state index contributed by atoms with van der Waals surface area (Å²) < 4.78 is 5.43. The molecule has 1 heterocycles. The van der Waals surface area contributed by atoms with E-state index < -0.39 is 0 Å². The molecule has 0 aromatic rings. The topological polar surface area (TPSA) is 49.8 Å². The van der Waals surface area contributed by atoms with Crippen molar-refractivity contribution in [2.24, 2.45) is 5.92 Å². The summed E-state index contributed by atoms with van der Waals surface area (Å²) in [5.41, 5.74) is 0. The Labute approximate surface area is 185 Å². The quantitative estimate of drug-likeness (QED) is 0.157. The number of likely N-dealkylation sites (tertiary alicyclic amines) is 1. The molecule has 0 aliphatic carbocycles. The second kappa shape index (κ2) is 18.6. The van der Waals surface area contributed by atoms with Gasteiger partial charge in [-0.05, 0) is 51.4 Å². The average Bonchev–Trinajstić information content (AvgIpc) is 2.71. The number of allylic oxidation sites excluding steroid dienone is 4. The largest absolute Gasteiger partial charge is 0.464 e. The molecular weight excluding hydrogens is 374 g/mol. The van der Waals surface area contributed by atoms with Crippen LogP contribution in [0.4, 0.5) is 0 Å². The first-order chi connectivity index (χ1) is 14.7. The van der Waals surface area contributed by atoms with E-state index in [2.05, 4.69) is 43.1 Å². The summed E-state index contributed by atoms with van der Waals surface area (Å²) in [6, 6.07) is 0.287. The van der Waals surface area contributed by atoms with E-state index in [-0.39, 0.29) is 18.6 Å². The van der Waals surface area contributed by atoms with Gasteiger partial charge in [-0.1, -0.05) is 69.8 Å². The molecule has 1 unspecified atom stereocenters. The van der Waals surface area contributed by atoms with Gasteiger partial charge in [-0.3, -0.25) is 9.69 Å². The summed E-state index contributed by atoms with van der Waals surface area (Å²) in [4.78, 5) is 14.2. The Morgan fingerprint density at radius 1 is 1.00 bits per heavy atom. The van der Waals surface area contributed by atoms with Crippen molar-refractivity contribution in [3.05, 3.63) is 24.3 Å². The molecule has 1 N–H and O–H groups in total. The molecule has 0 radical (unpaired) electrons. The minimum atomic E-state index is -0.0526. The Balaban J connectivity index is 1.84. The van der Waals surface area contributed by atoms with Crippen molar-refractivity contribution in [1.82, 2.24) is 4.90 Å². The third-order valence-corrected chi connectivity index (χ3v) is 5.96. The smallest absolute Gasteiger partial charge is 0.305 e. The molecule has 174 valence electrons. The number of carbonyl (C=O) groups is 1. The molecule has 0 saturated carbocycles. The molecule has 0 amide bonds. The first-order valence-electron chi connectivity index (χ1n) is 12.5. The van der Waals surface area contributed by atoms with Gasteiger partial charge in [-0.2, -0.15) is 0 Å². The fourth-order valence-electron chi connectivity index (χ4n) is 3.79. The van der Waals surface area contributed by atoms with E-state index in [9.17, 15) is 4.79 Å². The minimum absolute atomic E-state index is 0.0526. The van der Waals surface area contributed by atoms with Crippen LogP contribution in [0.2, 0.25) is 0 Å². The predicted molar refractivity (Wildman–Crippen MR) is 127 cm³/mol. The molecule has 1 aliphatic rings. The minimum Gasteiger partial charge on any atom is -0.464 e. The number of hydrogen-bond acceptors (Lipinski definition) is 4. The Hall–Kier alpha value is -1.13. The Morgan fingerprint density at radius 2 is 1.63 bits per heavy atom.